The van der Waals surface area contributed by atoms with Gasteiger partial charge in [0.05, 0.1) is 6.54 Å². The Morgan fingerprint density at radius 1 is 1.36 bits per heavy atom. The van der Waals surface area contributed by atoms with E-state index in [9.17, 15) is 9.18 Å². The summed E-state index contributed by atoms with van der Waals surface area (Å²) in [6.07, 6.45) is 6.30. The van der Waals surface area contributed by atoms with Crippen molar-refractivity contribution in [2.75, 3.05) is 13.1 Å². The maximum absolute atomic E-state index is 13.8. The molecule has 0 atom stereocenters. The molecule has 0 spiro atoms. The second-order valence-electron chi connectivity index (χ2n) is 7.99. The number of nitrogens with one attached hydrogen (secondary N) is 1. The molecule has 0 aliphatic heterocycles. The van der Waals surface area contributed by atoms with Gasteiger partial charge in [0, 0.05) is 24.4 Å². The van der Waals surface area contributed by atoms with Gasteiger partial charge in [0.25, 0.3) is 0 Å². The summed E-state index contributed by atoms with van der Waals surface area (Å²) >= 11 is 0. The summed E-state index contributed by atoms with van der Waals surface area (Å²) in [5.41, 5.74) is 0.781. The molecule has 1 aromatic carbocycles. The molecule has 6 nitrogen and oxygen atoms in total. The minimum atomic E-state index is -0.228. The van der Waals surface area contributed by atoms with Crippen LogP contribution in [0.2, 0.25) is 0 Å². The molecule has 2 amide bonds. The van der Waals surface area contributed by atoms with Crippen molar-refractivity contribution in [3.63, 3.8) is 0 Å². The van der Waals surface area contributed by atoms with Crippen molar-refractivity contribution < 1.29 is 13.7 Å². The van der Waals surface area contributed by atoms with Gasteiger partial charge in [-0.25, -0.2) is 9.18 Å². The van der Waals surface area contributed by atoms with E-state index in [1.165, 1.54) is 6.07 Å². The van der Waals surface area contributed by atoms with Gasteiger partial charge in [-0.15, -0.1) is 0 Å². The highest BCUT2D eigenvalue weighted by Crippen LogP contribution is 2.41. The van der Waals surface area contributed by atoms with Crippen LogP contribution in [-0.4, -0.2) is 34.2 Å². The zero-order valence-electron chi connectivity index (χ0n) is 16.3. The van der Waals surface area contributed by atoms with Crippen LogP contribution in [-0.2, 0) is 12.0 Å². The van der Waals surface area contributed by atoms with Crippen LogP contribution < -0.4 is 5.32 Å². The number of amides is 2. The quantitative estimate of drug-likeness (QED) is 0.777. The average molecular weight is 386 g/mol. The molecule has 150 valence electrons. The molecular weight excluding hydrogens is 359 g/mol. The molecule has 4 rings (SSSR count). The maximum atomic E-state index is 13.8. The summed E-state index contributed by atoms with van der Waals surface area (Å²) < 4.78 is 19.0. The van der Waals surface area contributed by atoms with Crippen molar-refractivity contribution in [2.24, 2.45) is 0 Å². The minimum absolute atomic E-state index is 0.150. The van der Waals surface area contributed by atoms with Gasteiger partial charge in [-0.1, -0.05) is 30.1 Å². The molecule has 2 fully saturated rings. The summed E-state index contributed by atoms with van der Waals surface area (Å²) in [6, 6.07) is 6.64. The van der Waals surface area contributed by atoms with Gasteiger partial charge in [0.2, 0.25) is 5.89 Å². The summed E-state index contributed by atoms with van der Waals surface area (Å²) in [6.45, 7) is 3.31. The van der Waals surface area contributed by atoms with Crippen molar-refractivity contribution in [2.45, 2.75) is 63.3 Å². The summed E-state index contributed by atoms with van der Waals surface area (Å²) in [5.74, 6) is 1.40. The smallest absolute Gasteiger partial charge is 0.317 e. The first-order chi connectivity index (χ1) is 13.6. The normalized spacial score (nSPS) is 18.2. The molecule has 1 aromatic heterocycles. The van der Waals surface area contributed by atoms with Gasteiger partial charge in [-0.2, -0.15) is 4.98 Å². The van der Waals surface area contributed by atoms with E-state index >= 15 is 0 Å². The Morgan fingerprint density at radius 2 is 2.14 bits per heavy atom. The maximum Gasteiger partial charge on any atom is 0.317 e. The van der Waals surface area contributed by atoms with Crippen LogP contribution in [0.4, 0.5) is 9.18 Å². The lowest BCUT2D eigenvalue weighted by Crippen LogP contribution is -2.45. The van der Waals surface area contributed by atoms with Gasteiger partial charge in [-0.05, 0) is 50.3 Å². The fourth-order valence-electron chi connectivity index (χ4n) is 4.12. The lowest BCUT2D eigenvalue weighted by molar-refractivity contribution is 0.192. The standard InChI is InChI=1S/C21H27FN4O2/c1-2-26(13-18-24-19(28-25-18)15-8-9-15)20(27)23-14-21(10-3-4-11-21)16-6-5-7-17(22)12-16/h5-7,12,15H,2-4,8-11,13-14H2,1H3,(H,23,27). The van der Waals surface area contributed by atoms with Gasteiger partial charge in [-0.3, -0.25) is 0 Å². The van der Waals surface area contributed by atoms with E-state index in [2.05, 4.69) is 15.5 Å². The topological polar surface area (TPSA) is 71.3 Å². The van der Waals surface area contributed by atoms with E-state index in [4.69, 9.17) is 4.52 Å². The Kier molecular flexibility index (Phi) is 5.33. The van der Waals surface area contributed by atoms with Crippen LogP contribution in [0.15, 0.2) is 28.8 Å². The molecule has 2 aliphatic carbocycles. The van der Waals surface area contributed by atoms with Gasteiger partial charge < -0.3 is 14.7 Å². The van der Waals surface area contributed by atoms with E-state index in [1.807, 2.05) is 13.0 Å². The Labute approximate surface area is 164 Å². The summed E-state index contributed by atoms with van der Waals surface area (Å²) in [7, 11) is 0. The number of carbonyl (C=O) groups is 1. The molecule has 0 saturated heterocycles. The predicted octanol–water partition coefficient (Wildman–Crippen LogP) is 4.13. The van der Waals surface area contributed by atoms with Gasteiger partial charge in [0.15, 0.2) is 5.82 Å². The third kappa shape index (κ3) is 4.03. The Balaban J connectivity index is 1.40. The lowest BCUT2D eigenvalue weighted by Gasteiger charge is -2.31. The zero-order valence-corrected chi connectivity index (χ0v) is 16.3. The highest BCUT2D eigenvalue weighted by Gasteiger charge is 2.36. The van der Waals surface area contributed by atoms with Crippen molar-refractivity contribution >= 4 is 6.03 Å². The van der Waals surface area contributed by atoms with E-state index in [-0.39, 0.29) is 17.3 Å². The first-order valence-electron chi connectivity index (χ1n) is 10.2. The van der Waals surface area contributed by atoms with Crippen LogP contribution in [0.5, 0.6) is 0 Å². The molecule has 2 aliphatic rings. The molecule has 2 saturated carbocycles. The monoisotopic (exact) mass is 386 g/mol. The largest absolute Gasteiger partial charge is 0.339 e. The molecule has 1 heterocycles. The summed E-state index contributed by atoms with van der Waals surface area (Å²) in [4.78, 5) is 18.9. The highest BCUT2D eigenvalue weighted by atomic mass is 19.1. The molecule has 0 radical (unpaired) electrons. The fourth-order valence-corrected chi connectivity index (χ4v) is 4.12. The number of rotatable bonds is 7. The second kappa shape index (κ2) is 7.89. The Bertz CT molecular complexity index is 827. The minimum Gasteiger partial charge on any atom is -0.339 e. The van der Waals surface area contributed by atoms with Crippen LogP contribution in [0.3, 0.4) is 0 Å². The second-order valence-corrected chi connectivity index (χ2v) is 7.99. The Hall–Kier alpha value is -2.44. The number of carbonyl (C=O) groups excluding carboxylic acids is 1. The predicted molar refractivity (Wildman–Crippen MR) is 102 cm³/mol. The molecule has 1 N–H and O–H groups in total. The molecule has 0 unspecified atom stereocenters. The number of benzene rings is 1. The fraction of sp³-hybridized carbons (Fsp3) is 0.571. The van der Waals surface area contributed by atoms with Crippen LogP contribution in [0.1, 0.15) is 68.6 Å². The van der Waals surface area contributed by atoms with Gasteiger partial charge >= 0.3 is 6.03 Å². The molecule has 2 aromatic rings. The van der Waals surface area contributed by atoms with Crippen LogP contribution >= 0.6 is 0 Å². The molecule has 7 heteroatoms. The van der Waals surface area contributed by atoms with E-state index < -0.39 is 0 Å². The van der Waals surface area contributed by atoms with E-state index in [0.29, 0.717) is 37.3 Å². The number of nitrogens with zero attached hydrogens (tertiary/aromatic N) is 3. The first-order valence-corrected chi connectivity index (χ1v) is 10.2. The molecular formula is C21H27FN4O2. The molecule has 28 heavy (non-hydrogen) atoms. The lowest BCUT2D eigenvalue weighted by atomic mass is 9.79. The van der Waals surface area contributed by atoms with Crippen LogP contribution in [0.25, 0.3) is 0 Å². The van der Waals surface area contributed by atoms with Crippen molar-refractivity contribution in [3.8, 4) is 0 Å². The molecule has 0 bridgehead atoms. The van der Waals surface area contributed by atoms with E-state index in [0.717, 1.165) is 44.1 Å². The number of aromatic nitrogens is 2. The van der Waals surface area contributed by atoms with Crippen molar-refractivity contribution in [1.29, 1.82) is 0 Å². The highest BCUT2D eigenvalue weighted by molar-refractivity contribution is 5.74. The third-order valence-electron chi connectivity index (χ3n) is 5.99. The third-order valence-corrected chi connectivity index (χ3v) is 5.99. The SMILES string of the molecule is CCN(Cc1noc(C2CC2)n1)C(=O)NCC1(c2cccc(F)c2)CCCC1. The summed E-state index contributed by atoms with van der Waals surface area (Å²) in [5, 5.41) is 7.08. The number of hydrogen-bond donors (Lipinski definition) is 1. The van der Waals surface area contributed by atoms with E-state index in [1.54, 1.807) is 17.0 Å². The number of hydrogen-bond acceptors (Lipinski definition) is 4. The van der Waals surface area contributed by atoms with Gasteiger partial charge in [0.1, 0.15) is 5.82 Å². The van der Waals surface area contributed by atoms with Crippen LogP contribution in [0, 0.1) is 5.82 Å². The number of urea groups is 1. The Morgan fingerprint density at radius 3 is 2.82 bits per heavy atom. The number of halogens is 1. The average Bonchev–Trinajstić information content (AvgIpc) is 3.25. The van der Waals surface area contributed by atoms with Crippen molar-refractivity contribution in [3.05, 3.63) is 47.4 Å². The zero-order chi connectivity index (χ0) is 19.6. The first kappa shape index (κ1) is 18.9. The van der Waals surface area contributed by atoms with Crippen molar-refractivity contribution in [1.82, 2.24) is 20.4 Å².